The molecule has 102 valence electrons. The fourth-order valence-corrected chi connectivity index (χ4v) is 2.44. The Morgan fingerprint density at radius 3 is 2.44 bits per heavy atom. The van der Waals surface area contributed by atoms with Crippen LogP contribution in [0.3, 0.4) is 0 Å². The lowest BCUT2D eigenvalue weighted by atomic mass is 9.89. The molecule has 2 unspecified atom stereocenters. The number of likely N-dealkylation sites (N-methyl/N-ethyl adjacent to an activating group) is 1. The van der Waals surface area contributed by atoms with Crippen LogP contribution in [0.4, 0.5) is 0 Å². The molecule has 0 bridgehead atoms. The van der Waals surface area contributed by atoms with Crippen LogP contribution in [0.1, 0.15) is 38.7 Å². The predicted molar refractivity (Wildman–Crippen MR) is 77.9 cm³/mol. The maximum atomic E-state index is 5.68. The highest BCUT2D eigenvalue weighted by molar-refractivity contribution is 5.14. The van der Waals surface area contributed by atoms with Crippen molar-refractivity contribution in [3.8, 4) is 0 Å². The number of aryl methyl sites for hydroxylation is 1. The largest absolute Gasteiger partial charge is 0.377 e. The van der Waals surface area contributed by atoms with Gasteiger partial charge in [-0.25, -0.2) is 0 Å². The van der Waals surface area contributed by atoms with Crippen molar-refractivity contribution in [3.05, 3.63) is 35.9 Å². The van der Waals surface area contributed by atoms with Crippen molar-refractivity contribution in [3.63, 3.8) is 0 Å². The van der Waals surface area contributed by atoms with Gasteiger partial charge in [-0.2, -0.15) is 0 Å². The molecule has 0 saturated carbocycles. The van der Waals surface area contributed by atoms with Gasteiger partial charge < -0.3 is 10.1 Å². The lowest BCUT2D eigenvalue weighted by Gasteiger charge is -2.35. The molecule has 0 aliphatic heterocycles. The van der Waals surface area contributed by atoms with Crippen LogP contribution < -0.4 is 5.32 Å². The van der Waals surface area contributed by atoms with E-state index in [0.717, 1.165) is 19.3 Å². The van der Waals surface area contributed by atoms with Gasteiger partial charge >= 0.3 is 0 Å². The first-order valence-electron chi connectivity index (χ1n) is 6.92. The summed E-state index contributed by atoms with van der Waals surface area (Å²) in [5.74, 6) is 0. The Morgan fingerprint density at radius 1 is 1.28 bits per heavy atom. The van der Waals surface area contributed by atoms with E-state index in [4.69, 9.17) is 4.74 Å². The van der Waals surface area contributed by atoms with E-state index < -0.39 is 0 Å². The third kappa shape index (κ3) is 4.11. The molecule has 0 amide bonds. The molecular formula is C16H27NO. The SMILES string of the molecule is CCC(C)(OC)C(CCCc1ccccc1)NC. The van der Waals surface area contributed by atoms with Crippen LogP contribution in [0.25, 0.3) is 0 Å². The first kappa shape index (κ1) is 15.2. The molecule has 18 heavy (non-hydrogen) atoms. The number of hydrogen-bond donors (Lipinski definition) is 1. The van der Waals surface area contributed by atoms with E-state index in [9.17, 15) is 0 Å². The summed E-state index contributed by atoms with van der Waals surface area (Å²) in [6.07, 6.45) is 4.50. The molecule has 0 heterocycles. The highest BCUT2D eigenvalue weighted by Crippen LogP contribution is 2.23. The lowest BCUT2D eigenvalue weighted by Crippen LogP contribution is -2.48. The molecule has 2 atom stereocenters. The van der Waals surface area contributed by atoms with Gasteiger partial charge in [0.1, 0.15) is 0 Å². The number of benzene rings is 1. The van der Waals surface area contributed by atoms with E-state index in [1.807, 2.05) is 14.2 Å². The van der Waals surface area contributed by atoms with E-state index in [-0.39, 0.29) is 5.60 Å². The van der Waals surface area contributed by atoms with Gasteiger partial charge in [0.2, 0.25) is 0 Å². The van der Waals surface area contributed by atoms with Crippen LogP contribution in [-0.2, 0) is 11.2 Å². The summed E-state index contributed by atoms with van der Waals surface area (Å²) in [5.41, 5.74) is 1.36. The Bertz CT molecular complexity index is 319. The molecule has 0 aromatic heterocycles. The molecule has 0 aliphatic rings. The molecule has 1 rings (SSSR count). The average molecular weight is 249 g/mol. The van der Waals surface area contributed by atoms with Crippen molar-refractivity contribution in [1.29, 1.82) is 0 Å². The first-order valence-corrected chi connectivity index (χ1v) is 6.92. The number of methoxy groups -OCH3 is 1. The molecule has 2 nitrogen and oxygen atoms in total. The third-order valence-electron chi connectivity index (χ3n) is 4.05. The minimum Gasteiger partial charge on any atom is -0.377 e. The predicted octanol–water partition coefficient (Wildman–Crippen LogP) is 3.41. The van der Waals surface area contributed by atoms with E-state index in [1.54, 1.807) is 0 Å². The number of rotatable bonds is 8. The second kappa shape index (κ2) is 7.55. The second-order valence-corrected chi connectivity index (χ2v) is 5.09. The van der Waals surface area contributed by atoms with Crippen molar-refractivity contribution >= 4 is 0 Å². The van der Waals surface area contributed by atoms with Gasteiger partial charge in [0.05, 0.1) is 5.60 Å². The van der Waals surface area contributed by atoms with Gasteiger partial charge in [-0.1, -0.05) is 37.3 Å². The zero-order chi connectivity index (χ0) is 13.4. The third-order valence-corrected chi connectivity index (χ3v) is 4.05. The van der Waals surface area contributed by atoms with Crippen molar-refractivity contribution in [2.75, 3.05) is 14.2 Å². The van der Waals surface area contributed by atoms with Gasteiger partial charge in [0, 0.05) is 13.2 Å². The lowest BCUT2D eigenvalue weighted by molar-refractivity contribution is -0.0295. The van der Waals surface area contributed by atoms with Crippen molar-refractivity contribution in [2.45, 2.75) is 51.2 Å². The van der Waals surface area contributed by atoms with Crippen LogP contribution in [0.15, 0.2) is 30.3 Å². The molecule has 0 fully saturated rings. The van der Waals surface area contributed by atoms with Crippen LogP contribution in [0.2, 0.25) is 0 Å². The van der Waals surface area contributed by atoms with Crippen LogP contribution in [0, 0.1) is 0 Å². The first-order chi connectivity index (χ1) is 8.66. The molecule has 1 aromatic carbocycles. The van der Waals surface area contributed by atoms with Gasteiger partial charge in [-0.05, 0) is 45.2 Å². The van der Waals surface area contributed by atoms with Crippen LogP contribution in [0.5, 0.6) is 0 Å². The second-order valence-electron chi connectivity index (χ2n) is 5.09. The summed E-state index contributed by atoms with van der Waals surface area (Å²) < 4.78 is 5.68. The minimum absolute atomic E-state index is 0.0640. The molecular weight excluding hydrogens is 222 g/mol. The zero-order valence-corrected chi connectivity index (χ0v) is 12.2. The topological polar surface area (TPSA) is 21.3 Å². The molecule has 1 aromatic rings. The summed E-state index contributed by atoms with van der Waals surface area (Å²) in [4.78, 5) is 0. The Kier molecular flexibility index (Phi) is 6.37. The van der Waals surface area contributed by atoms with E-state index in [1.165, 1.54) is 12.0 Å². The van der Waals surface area contributed by atoms with E-state index >= 15 is 0 Å². The summed E-state index contributed by atoms with van der Waals surface area (Å²) in [5, 5.41) is 3.41. The van der Waals surface area contributed by atoms with Crippen LogP contribution in [-0.4, -0.2) is 25.8 Å². The molecule has 0 aliphatic carbocycles. The van der Waals surface area contributed by atoms with Gasteiger partial charge in [0.25, 0.3) is 0 Å². The van der Waals surface area contributed by atoms with Crippen molar-refractivity contribution in [2.24, 2.45) is 0 Å². The van der Waals surface area contributed by atoms with Crippen molar-refractivity contribution in [1.82, 2.24) is 5.32 Å². The fourth-order valence-electron chi connectivity index (χ4n) is 2.44. The number of hydrogen-bond acceptors (Lipinski definition) is 2. The highest BCUT2D eigenvalue weighted by Gasteiger charge is 2.30. The Morgan fingerprint density at radius 2 is 1.94 bits per heavy atom. The Hall–Kier alpha value is -0.860. The van der Waals surface area contributed by atoms with Gasteiger partial charge in [-0.15, -0.1) is 0 Å². The zero-order valence-electron chi connectivity index (χ0n) is 12.2. The van der Waals surface area contributed by atoms with Crippen molar-refractivity contribution < 1.29 is 4.74 Å². The number of ether oxygens (including phenoxy) is 1. The quantitative estimate of drug-likeness (QED) is 0.762. The highest BCUT2D eigenvalue weighted by atomic mass is 16.5. The van der Waals surface area contributed by atoms with E-state index in [0.29, 0.717) is 6.04 Å². The Labute approximate surface area is 112 Å². The molecule has 0 saturated heterocycles. The molecule has 2 heteroatoms. The summed E-state index contributed by atoms with van der Waals surface area (Å²) in [6.45, 7) is 4.38. The molecule has 0 radical (unpaired) electrons. The summed E-state index contributed by atoms with van der Waals surface area (Å²) in [7, 11) is 3.84. The standard InChI is InChI=1S/C16H27NO/c1-5-16(2,18-4)15(17-3)13-9-12-14-10-7-6-8-11-14/h6-8,10-11,15,17H,5,9,12-13H2,1-4H3. The molecule has 1 N–H and O–H groups in total. The summed E-state index contributed by atoms with van der Waals surface area (Å²) in [6, 6.07) is 11.1. The monoisotopic (exact) mass is 249 g/mol. The summed E-state index contributed by atoms with van der Waals surface area (Å²) >= 11 is 0. The number of nitrogens with one attached hydrogen (secondary N) is 1. The smallest absolute Gasteiger partial charge is 0.0800 e. The van der Waals surface area contributed by atoms with Crippen LogP contribution >= 0.6 is 0 Å². The average Bonchev–Trinajstić information content (AvgIpc) is 2.44. The van der Waals surface area contributed by atoms with Gasteiger partial charge in [0.15, 0.2) is 0 Å². The van der Waals surface area contributed by atoms with Gasteiger partial charge in [-0.3, -0.25) is 0 Å². The molecule has 0 spiro atoms. The minimum atomic E-state index is -0.0640. The Balaban J connectivity index is 2.45. The maximum absolute atomic E-state index is 5.68. The normalized spacial score (nSPS) is 16.2. The van der Waals surface area contributed by atoms with E-state index in [2.05, 4.69) is 49.5 Å². The maximum Gasteiger partial charge on any atom is 0.0800 e. The fraction of sp³-hybridized carbons (Fsp3) is 0.625.